The van der Waals surface area contributed by atoms with Gasteiger partial charge in [-0.25, -0.2) is 16.8 Å². The summed E-state index contributed by atoms with van der Waals surface area (Å²) in [5.41, 5.74) is 0.380. The molecule has 7 nitrogen and oxygen atoms in total. The standard InChI is InChI=1S/C11H13N3O4S2/c1-8-11(7-12-13-8)20(17,18)14-9-5-3-4-6-10(9)19(2,15)16/h3-7,14H,1-2H3,(H,12,13). The highest BCUT2D eigenvalue weighted by Crippen LogP contribution is 2.24. The summed E-state index contributed by atoms with van der Waals surface area (Å²) < 4.78 is 49.9. The molecule has 2 N–H and O–H groups in total. The van der Waals surface area contributed by atoms with Crippen molar-refractivity contribution in [3.8, 4) is 0 Å². The molecule has 0 aliphatic rings. The second kappa shape index (κ2) is 4.91. The lowest BCUT2D eigenvalue weighted by Crippen LogP contribution is -2.15. The van der Waals surface area contributed by atoms with Gasteiger partial charge in [0, 0.05) is 6.26 Å². The minimum absolute atomic E-state index is 0.00981. The molecule has 2 rings (SSSR count). The van der Waals surface area contributed by atoms with Crippen LogP contribution >= 0.6 is 0 Å². The first-order valence-corrected chi connectivity index (χ1v) is 8.91. The van der Waals surface area contributed by atoms with Crippen molar-refractivity contribution in [1.82, 2.24) is 10.2 Å². The second-order valence-corrected chi connectivity index (χ2v) is 7.87. The number of rotatable bonds is 4. The van der Waals surface area contributed by atoms with Gasteiger partial charge in [-0.3, -0.25) is 9.82 Å². The van der Waals surface area contributed by atoms with E-state index in [2.05, 4.69) is 14.9 Å². The Hall–Kier alpha value is -1.87. The molecule has 0 atom stereocenters. The molecular formula is C11H13N3O4S2. The molecule has 0 amide bonds. The molecule has 0 fully saturated rings. The van der Waals surface area contributed by atoms with Crippen molar-refractivity contribution in [1.29, 1.82) is 0 Å². The number of hydrogen-bond donors (Lipinski definition) is 2. The Labute approximate surface area is 117 Å². The molecule has 0 aliphatic heterocycles. The predicted octanol–water partition coefficient (Wildman–Crippen LogP) is 0.922. The van der Waals surface area contributed by atoms with Crippen LogP contribution in [0.15, 0.2) is 40.3 Å². The van der Waals surface area contributed by atoms with Crippen LogP contribution in [0.2, 0.25) is 0 Å². The molecule has 1 heterocycles. The van der Waals surface area contributed by atoms with Gasteiger partial charge in [0.15, 0.2) is 9.84 Å². The van der Waals surface area contributed by atoms with Gasteiger partial charge in [0.2, 0.25) is 0 Å². The van der Waals surface area contributed by atoms with Crippen LogP contribution < -0.4 is 4.72 Å². The van der Waals surface area contributed by atoms with Gasteiger partial charge in [0.25, 0.3) is 10.0 Å². The topological polar surface area (TPSA) is 109 Å². The van der Waals surface area contributed by atoms with Crippen LogP contribution in [0, 0.1) is 6.92 Å². The molecule has 1 aromatic heterocycles. The zero-order valence-corrected chi connectivity index (χ0v) is 12.4. The number of para-hydroxylation sites is 1. The molecule has 0 aliphatic carbocycles. The number of hydrogen-bond acceptors (Lipinski definition) is 5. The lowest BCUT2D eigenvalue weighted by atomic mass is 10.3. The number of nitrogens with one attached hydrogen (secondary N) is 2. The summed E-state index contributed by atoms with van der Waals surface area (Å²) in [6.07, 6.45) is 2.18. The van der Waals surface area contributed by atoms with Gasteiger partial charge in [-0.2, -0.15) is 5.10 Å². The molecule has 0 saturated heterocycles. The average Bonchev–Trinajstić information content (AvgIpc) is 2.75. The molecule has 0 spiro atoms. The van der Waals surface area contributed by atoms with E-state index in [0.717, 1.165) is 6.26 Å². The number of sulfonamides is 1. The van der Waals surface area contributed by atoms with E-state index >= 15 is 0 Å². The van der Waals surface area contributed by atoms with Crippen LogP contribution in [0.4, 0.5) is 5.69 Å². The van der Waals surface area contributed by atoms with Crippen LogP contribution in [0.1, 0.15) is 5.69 Å². The summed E-state index contributed by atoms with van der Waals surface area (Å²) in [4.78, 5) is -0.106. The number of benzene rings is 1. The quantitative estimate of drug-likeness (QED) is 0.872. The van der Waals surface area contributed by atoms with Crippen molar-refractivity contribution in [2.45, 2.75) is 16.7 Å². The van der Waals surface area contributed by atoms with E-state index in [-0.39, 0.29) is 15.5 Å². The predicted molar refractivity (Wildman–Crippen MR) is 73.7 cm³/mol. The van der Waals surface area contributed by atoms with Crippen molar-refractivity contribution in [2.75, 3.05) is 11.0 Å². The summed E-state index contributed by atoms with van der Waals surface area (Å²) in [6.45, 7) is 1.56. The fraction of sp³-hybridized carbons (Fsp3) is 0.182. The highest BCUT2D eigenvalue weighted by molar-refractivity contribution is 7.93. The largest absolute Gasteiger partial charge is 0.281 e. The van der Waals surface area contributed by atoms with Crippen molar-refractivity contribution in [3.63, 3.8) is 0 Å². The van der Waals surface area contributed by atoms with Gasteiger partial charge >= 0.3 is 0 Å². The number of sulfone groups is 1. The second-order valence-electron chi connectivity index (χ2n) is 4.23. The maximum absolute atomic E-state index is 12.2. The molecule has 0 saturated carbocycles. The van der Waals surface area contributed by atoms with Gasteiger partial charge in [-0.1, -0.05) is 12.1 Å². The Bertz CT molecular complexity index is 838. The van der Waals surface area contributed by atoms with Crippen LogP contribution in [0.5, 0.6) is 0 Å². The smallest absolute Gasteiger partial charge is 0.265 e. The fourth-order valence-electron chi connectivity index (χ4n) is 1.68. The first-order valence-electron chi connectivity index (χ1n) is 5.54. The van der Waals surface area contributed by atoms with Crippen LogP contribution in [-0.2, 0) is 19.9 Å². The molecule has 0 radical (unpaired) electrons. The molecule has 1 aromatic carbocycles. The summed E-state index contributed by atoms with van der Waals surface area (Å²) in [6, 6.07) is 5.81. The third kappa shape index (κ3) is 2.83. The molecule has 20 heavy (non-hydrogen) atoms. The first kappa shape index (κ1) is 14.5. The van der Waals surface area contributed by atoms with Crippen LogP contribution in [0.3, 0.4) is 0 Å². The van der Waals surface area contributed by atoms with E-state index in [1.807, 2.05) is 0 Å². The number of nitrogens with zero attached hydrogens (tertiary/aromatic N) is 1. The fourth-order valence-corrected chi connectivity index (χ4v) is 3.81. The van der Waals surface area contributed by atoms with Gasteiger partial charge in [-0.15, -0.1) is 0 Å². The zero-order chi connectivity index (χ0) is 15.0. The SMILES string of the molecule is Cc1[nH]ncc1S(=O)(=O)Nc1ccccc1S(C)(=O)=O. The Balaban J connectivity index is 2.49. The molecule has 2 aromatic rings. The van der Waals surface area contributed by atoms with Gasteiger partial charge in [-0.05, 0) is 19.1 Å². The maximum Gasteiger partial charge on any atom is 0.265 e. The third-order valence-corrected chi connectivity index (χ3v) is 5.24. The molecule has 9 heteroatoms. The number of aromatic amines is 1. The van der Waals surface area contributed by atoms with E-state index in [0.29, 0.717) is 5.69 Å². The summed E-state index contributed by atoms with van der Waals surface area (Å²) >= 11 is 0. The zero-order valence-electron chi connectivity index (χ0n) is 10.8. The normalized spacial score (nSPS) is 12.3. The summed E-state index contributed by atoms with van der Waals surface area (Å²) in [5.74, 6) is 0. The highest BCUT2D eigenvalue weighted by Gasteiger charge is 2.22. The van der Waals surface area contributed by atoms with Gasteiger partial charge < -0.3 is 0 Å². The summed E-state index contributed by atoms with van der Waals surface area (Å²) in [5, 5.41) is 6.16. The van der Waals surface area contributed by atoms with E-state index < -0.39 is 19.9 Å². The number of aryl methyl sites for hydroxylation is 1. The van der Waals surface area contributed by atoms with Gasteiger partial charge in [0.1, 0.15) is 4.90 Å². The lowest BCUT2D eigenvalue weighted by molar-refractivity contribution is 0.600. The Morgan fingerprint density at radius 3 is 2.30 bits per heavy atom. The van der Waals surface area contributed by atoms with Crippen molar-refractivity contribution in [2.24, 2.45) is 0 Å². The van der Waals surface area contributed by atoms with Crippen molar-refractivity contribution < 1.29 is 16.8 Å². The van der Waals surface area contributed by atoms with E-state index in [4.69, 9.17) is 0 Å². The number of anilines is 1. The maximum atomic E-state index is 12.2. The number of aromatic nitrogens is 2. The lowest BCUT2D eigenvalue weighted by Gasteiger charge is -2.10. The molecule has 0 bridgehead atoms. The van der Waals surface area contributed by atoms with Crippen LogP contribution in [-0.4, -0.2) is 33.3 Å². The van der Waals surface area contributed by atoms with E-state index in [1.54, 1.807) is 13.0 Å². The third-order valence-electron chi connectivity index (χ3n) is 2.60. The average molecular weight is 315 g/mol. The summed E-state index contributed by atoms with van der Waals surface area (Å²) in [7, 11) is -7.43. The highest BCUT2D eigenvalue weighted by atomic mass is 32.2. The Kier molecular flexibility index (Phi) is 3.57. The first-order chi connectivity index (χ1) is 9.22. The molecule has 108 valence electrons. The van der Waals surface area contributed by atoms with E-state index in [1.165, 1.54) is 24.4 Å². The minimum atomic E-state index is -3.89. The Morgan fingerprint density at radius 1 is 1.10 bits per heavy atom. The van der Waals surface area contributed by atoms with Crippen LogP contribution in [0.25, 0.3) is 0 Å². The van der Waals surface area contributed by atoms with Gasteiger partial charge in [0.05, 0.1) is 22.5 Å². The van der Waals surface area contributed by atoms with Crippen molar-refractivity contribution >= 4 is 25.5 Å². The number of H-pyrrole nitrogens is 1. The molecular weight excluding hydrogens is 302 g/mol. The van der Waals surface area contributed by atoms with E-state index in [9.17, 15) is 16.8 Å². The molecule has 0 unspecified atom stereocenters. The van der Waals surface area contributed by atoms with Crippen molar-refractivity contribution in [3.05, 3.63) is 36.2 Å². The monoisotopic (exact) mass is 315 g/mol. The Morgan fingerprint density at radius 2 is 1.75 bits per heavy atom. The minimum Gasteiger partial charge on any atom is -0.281 e.